The maximum Gasteiger partial charge on any atom is 0.303 e. The van der Waals surface area contributed by atoms with E-state index < -0.39 is 5.97 Å². The Balaban J connectivity index is 2.24. The molecule has 1 N–H and O–H groups in total. The summed E-state index contributed by atoms with van der Waals surface area (Å²) in [5.74, 6) is 0.0644. The van der Waals surface area contributed by atoms with Gasteiger partial charge in [-0.3, -0.25) is 14.5 Å². The lowest BCUT2D eigenvalue weighted by Crippen LogP contribution is -2.29. The van der Waals surface area contributed by atoms with Crippen LogP contribution >= 0.6 is 39.9 Å². The van der Waals surface area contributed by atoms with Crippen LogP contribution in [0.3, 0.4) is 0 Å². The zero-order chi connectivity index (χ0) is 18.6. The largest absolute Gasteiger partial charge is 0.496 e. The predicted octanol–water partition coefficient (Wildman–Crippen LogP) is 3.53. The molecular weight excluding hydrogens is 430 g/mol. The van der Waals surface area contributed by atoms with E-state index in [-0.39, 0.29) is 18.9 Å². The van der Waals surface area contributed by atoms with Gasteiger partial charge in [-0.05, 0) is 34.5 Å². The third-order valence-corrected chi connectivity index (χ3v) is 5.43. The van der Waals surface area contributed by atoms with E-state index in [1.165, 1.54) is 23.8 Å². The van der Waals surface area contributed by atoms with Crippen LogP contribution in [0.15, 0.2) is 21.5 Å². The van der Waals surface area contributed by atoms with Crippen molar-refractivity contribution >= 4 is 62.2 Å². The van der Waals surface area contributed by atoms with Gasteiger partial charge < -0.3 is 14.6 Å². The van der Waals surface area contributed by atoms with Gasteiger partial charge in [0.05, 0.1) is 23.6 Å². The average Bonchev–Trinajstić information content (AvgIpc) is 2.82. The Kier molecular flexibility index (Phi) is 6.86. The number of carboxylic acid groups (broad SMARTS) is 1. The third-order valence-electron chi connectivity index (χ3n) is 3.44. The molecule has 9 heteroatoms. The normalized spacial score (nSPS) is 15.8. The highest BCUT2D eigenvalue weighted by Crippen LogP contribution is 2.38. The Morgan fingerprint density at radius 2 is 2.04 bits per heavy atom. The molecule has 134 valence electrons. The van der Waals surface area contributed by atoms with E-state index in [9.17, 15) is 9.59 Å². The van der Waals surface area contributed by atoms with Crippen LogP contribution in [0.5, 0.6) is 11.5 Å². The van der Waals surface area contributed by atoms with Crippen molar-refractivity contribution in [3.8, 4) is 11.5 Å². The van der Waals surface area contributed by atoms with Crippen LogP contribution in [-0.4, -0.2) is 47.0 Å². The number of thiocarbonyl (C=S) groups is 1. The number of carbonyl (C=O) groups is 2. The number of rotatable bonds is 7. The first kappa shape index (κ1) is 19.7. The average molecular weight is 446 g/mol. The quantitative estimate of drug-likeness (QED) is 0.507. The Labute approximate surface area is 163 Å². The first-order valence-electron chi connectivity index (χ1n) is 7.26. The van der Waals surface area contributed by atoms with Crippen LogP contribution in [0.1, 0.15) is 18.4 Å². The molecule has 0 radical (unpaired) electrons. The maximum atomic E-state index is 12.5. The Morgan fingerprint density at radius 3 is 2.64 bits per heavy atom. The van der Waals surface area contributed by atoms with Crippen molar-refractivity contribution in [2.45, 2.75) is 12.8 Å². The summed E-state index contributed by atoms with van der Waals surface area (Å²) in [5.41, 5.74) is 0.709. The molecule has 1 saturated heterocycles. The molecular formula is C16H16BrNO5S2. The van der Waals surface area contributed by atoms with E-state index in [0.29, 0.717) is 32.7 Å². The molecule has 1 amide bonds. The van der Waals surface area contributed by atoms with Crippen LogP contribution in [0.25, 0.3) is 6.08 Å². The molecule has 2 rings (SSSR count). The molecule has 0 atom stereocenters. The second kappa shape index (κ2) is 8.68. The smallest absolute Gasteiger partial charge is 0.303 e. The van der Waals surface area contributed by atoms with Crippen molar-refractivity contribution in [1.29, 1.82) is 0 Å². The Hall–Kier alpha value is -1.58. The lowest BCUT2D eigenvalue weighted by molar-refractivity contribution is -0.137. The molecule has 0 unspecified atom stereocenters. The van der Waals surface area contributed by atoms with Gasteiger partial charge >= 0.3 is 5.97 Å². The van der Waals surface area contributed by atoms with Crippen LogP contribution < -0.4 is 9.47 Å². The van der Waals surface area contributed by atoms with Crippen LogP contribution in [-0.2, 0) is 9.59 Å². The molecule has 1 heterocycles. The molecule has 1 aromatic rings. The second-order valence-electron chi connectivity index (χ2n) is 5.06. The van der Waals surface area contributed by atoms with Crippen LogP contribution in [0.4, 0.5) is 0 Å². The van der Waals surface area contributed by atoms with Crippen molar-refractivity contribution < 1.29 is 24.2 Å². The number of amides is 1. The van der Waals surface area contributed by atoms with Gasteiger partial charge in [0.25, 0.3) is 5.91 Å². The van der Waals surface area contributed by atoms with E-state index in [1.54, 1.807) is 25.3 Å². The lowest BCUT2D eigenvalue weighted by atomic mass is 10.1. The molecule has 1 aliphatic rings. The number of carbonyl (C=O) groups excluding carboxylic acids is 1. The van der Waals surface area contributed by atoms with E-state index >= 15 is 0 Å². The highest BCUT2D eigenvalue weighted by molar-refractivity contribution is 9.10. The fourth-order valence-corrected chi connectivity index (χ4v) is 4.04. The van der Waals surface area contributed by atoms with Crippen molar-refractivity contribution in [3.05, 3.63) is 27.1 Å². The molecule has 0 aromatic heterocycles. The summed E-state index contributed by atoms with van der Waals surface area (Å²) in [6.45, 7) is 0.289. The summed E-state index contributed by atoms with van der Waals surface area (Å²) in [5, 5.41) is 8.71. The summed E-state index contributed by atoms with van der Waals surface area (Å²) < 4.78 is 11.7. The van der Waals surface area contributed by atoms with E-state index in [1.807, 2.05) is 0 Å². The Morgan fingerprint density at radius 1 is 1.36 bits per heavy atom. The van der Waals surface area contributed by atoms with E-state index in [2.05, 4.69) is 15.9 Å². The van der Waals surface area contributed by atoms with E-state index in [0.717, 1.165) is 4.47 Å². The first-order chi connectivity index (χ1) is 11.9. The molecule has 0 bridgehead atoms. The number of nitrogens with zero attached hydrogens (tertiary/aromatic N) is 1. The molecule has 1 aromatic carbocycles. The number of methoxy groups -OCH3 is 2. The summed E-state index contributed by atoms with van der Waals surface area (Å²) >= 11 is 9.84. The number of hydrogen-bond acceptors (Lipinski definition) is 6. The first-order valence-corrected chi connectivity index (χ1v) is 9.27. The SMILES string of the molecule is COc1cc(OC)c(/C=C2\SC(=S)N(CCCC(=O)O)C2=O)cc1Br. The number of carboxylic acids is 1. The number of hydrogen-bond donors (Lipinski definition) is 1. The molecule has 25 heavy (non-hydrogen) atoms. The highest BCUT2D eigenvalue weighted by atomic mass is 79.9. The minimum Gasteiger partial charge on any atom is -0.496 e. The van der Waals surface area contributed by atoms with Gasteiger partial charge in [-0.15, -0.1) is 0 Å². The van der Waals surface area contributed by atoms with Crippen molar-refractivity contribution in [2.24, 2.45) is 0 Å². The van der Waals surface area contributed by atoms with Gasteiger partial charge in [0.15, 0.2) is 0 Å². The standard InChI is InChI=1S/C16H16BrNO5S2/c1-22-11-8-12(23-2)10(17)6-9(11)7-13-15(21)18(16(24)25-13)5-3-4-14(19)20/h6-8H,3-5H2,1-2H3,(H,19,20)/b13-7-. The van der Waals surface area contributed by atoms with Gasteiger partial charge in [-0.2, -0.15) is 0 Å². The number of halogens is 1. The minimum atomic E-state index is -0.895. The molecule has 6 nitrogen and oxygen atoms in total. The van der Waals surface area contributed by atoms with Crippen LogP contribution in [0, 0.1) is 0 Å². The molecule has 0 saturated carbocycles. The lowest BCUT2D eigenvalue weighted by Gasteiger charge is -2.13. The molecule has 1 aliphatic heterocycles. The van der Waals surface area contributed by atoms with Crippen molar-refractivity contribution in [3.63, 3.8) is 0 Å². The number of ether oxygens (including phenoxy) is 2. The molecule has 1 fully saturated rings. The zero-order valence-corrected chi connectivity index (χ0v) is 16.8. The number of benzene rings is 1. The minimum absolute atomic E-state index is 0.00461. The summed E-state index contributed by atoms with van der Waals surface area (Å²) in [4.78, 5) is 25.0. The van der Waals surface area contributed by atoms with Crippen molar-refractivity contribution in [2.75, 3.05) is 20.8 Å². The van der Waals surface area contributed by atoms with Crippen LogP contribution in [0.2, 0.25) is 0 Å². The topological polar surface area (TPSA) is 76.1 Å². The van der Waals surface area contributed by atoms with Gasteiger partial charge in [0.1, 0.15) is 15.8 Å². The monoisotopic (exact) mass is 445 g/mol. The van der Waals surface area contributed by atoms with Gasteiger partial charge in [0, 0.05) is 24.6 Å². The van der Waals surface area contributed by atoms with Crippen molar-refractivity contribution in [1.82, 2.24) is 4.90 Å². The third kappa shape index (κ3) is 4.74. The second-order valence-corrected chi connectivity index (χ2v) is 7.59. The predicted molar refractivity (Wildman–Crippen MR) is 104 cm³/mol. The summed E-state index contributed by atoms with van der Waals surface area (Å²) in [6.07, 6.45) is 2.06. The maximum absolute atomic E-state index is 12.5. The van der Waals surface area contributed by atoms with Gasteiger partial charge in [-0.25, -0.2) is 0 Å². The number of thioether (sulfide) groups is 1. The van der Waals surface area contributed by atoms with E-state index in [4.69, 9.17) is 26.8 Å². The molecule has 0 spiro atoms. The van der Waals surface area contributed by atoms with Gasteiger partial charge in [0.2, 0.25) is 0 Å². The zero-order valence-electron chi connectivity index (χ0n) is 13.6. The fourth-order valence-electron chi connectivity index (χ4n) is 2.22. The molecule has 0 aliphatic carbocycles. The summed E-state index contributed by atoms with van der Waals surface area (Å²) in [6, 6.07) is 3.53. The summed E-state index contributed by atoms with van der Waals surface area (Å²) in [7, 11) is 3.10. The number of aliphatic carboxylic acids is 1. The fraction of sp³-hybridized carbons (Fsp3) is 0.312. The van der Waals surface area contributed by atoms with Gasteiger partial charge in [-0.1, -0.05) is 24.0 Å². The Bertz CT molecular complexity index is 750. The highest BCUT2D eigenvalue weighted by Gasteiger charge is 2.32.